The quantitative estimate of drug-likeness (QED) is 0.300. The van der Waals surface area contributed by atoms with E-state index in [4.69, 9.17) is 11.1 Å². The molecule has 2 aliphatic heterocycles. The summed E-state index contributed by atoms with van der Waals surface area (Å²) in [5.74, 6) is -0.525. The average molecular weight is 479 g/mol. The number of carbonyl (C=O) groups is 2. The Morgan fingerprint density at radius 3 is 2.42 bits per heavy atom. The second-order valence-electron chi connectivity index (χ2n) is 8.95. The van der Waals surface area contributed by atoms with Gasteiger partial charge in [0.1, 0.15) is 6.04 Å². The van der Waals surface area contributed by atoms with Crippen LogP contribution in [0, 0.1) is 11.3 Å². The molecule has 2 atom stereocenters. The van der Waals surface area contributed by atoms with Crippen LogP contribution >= 0.6 is 0 Å². The fourth-order valence-corrected chi connectivity index (χ4v) is 5.32. The van der Waals surface area contributed by atoms with Gasteiger partial charge in [0.15, 0.2) is 5.96 Å². The van der Waals surface area contributed by atoms with E-state index in [2.05, 4.69) is 14.9 Å². The third-order valence-corrected chi connectivity index (χ3v) is 7.03. The van der Waals surface area contributed by atoms with Crippen LogP contribution in [-0.2, 0) is 26.0 Å². The van der Waals surface area contributed by atoms with Gasteiger partial charge in [0.2, 0.25) is 21.8 Å². The fraction of sp³-hybridized carbons (Fsp3) is 0.591. The van der Waals surface area contributed by atoms with Crippen LogP contribution in [0.1, 0.15) is 31.2 Å². The monoisotopic (exact) mass is 478 g/mol. The first-order valence-corrected chi connectivity index (χ1v) is 13.2. The first-order chi connectivity index (χ1) is 15.6. The van der Waals surface area contributed by atoms with Gasteiger partial charge in [-0.05, 0) is 50.1 Å². The number of piperidine rings is 1. The highest BCUT2D eigenvalue weighted by Gasteiger charge is 2.35. The van der Waals surface area contributed by atoms with E-state index in [-0.39, 0.29) is 18.3 Å². The minimum atomic E-state index is -3.64. The molecule has 182 valence electrons. The molecule has 1 aromatic carbocycles. The van der Waals surface area contributed by atoms with E-state index in [1.54, 1.807) is 0 Å². The highest BCUT2D eigenvalue weighted by molar-refractivity contribution is 7.88. The first kappa shape index (κ1) is 25.1. The van der Waals surface area contributed by atoms with Gasteiger partial charge in [0.25, 0.3) is 0 Å². The normalized spacial score (nSPS) is 21.0. The predicted molar refractivity (Wildman–Crippen MR) is 126 cm³/mol. The van der Waals surface area contributed by atoms with E-state index in [0.29, 0.717) is 12.3 Å². The lowest BCUT2D eigenvalue weighted by Crippen LogP contribution is -2.53. The lowest BCUT2D eigenvalue weighted by atomic mass is 9.96. The van der Waals surface area contributed by atoms with Gasteiger partial charge in [-0.2, -0.15) is 0 Å². The molecule has 2 fully saturated rings. The topological polar surface area (TPSA) is 149 Å². The standard InChI is InChI=1S/C22H34N6O4S/c1-33(31,32)26-18(14-16-6-3-2-4-7-16)20(29)25-21(30)19-8-5-11-28(19)15-17-9-12-27(13-10-17)22(23)24/h2-4,6-7,17-19,26H,5,8-15H2,1H3,(H3,23,24)(H,25,29,30)/t18-,19+/m1/s1. The number of likely N-dealkylation sites (tertiary alicyclic amines) is 2. The molecule has 0 aromatic heterocycles. The Morgan fingerprint density at radius 1 is 1.15 bits per heavy atom. The van der Waals surface area contributed by atoms with Crippen LogP contribution in [0.15, 0.2) is 30.3 Å². The van der Waals surface area contributed by atoms with Crippen molar-refractivity contribution in [3.63, 3.8) is 0 Å². The molecule has 33 heavy (non-hydrogen) atoms. The Labute approximate surface area is 195 Å². The number of hydrogen-bond donors (Lipinski definition) is 4. The van der Waals surface area contributed by atoms with Crippen LogP contribution < -0.4 is 15.8 Å². The van der Waals surface area contributed by atoms with Gasteiger partial charge in [-0.3, -0.25) is 25.2 Å². The summed E-state index contributed by atoms with van der Waals surface area (Å²) in [6, 6.07) is 7.60. The maximum absolute atomic E-state index is 13.0. The lowest BCUT2D eigenvalue weighted by Gasteiger charge is -2.35. The van der Waals surface area contributed by atoms with Gasteiger partial charge >= 0.3 is 0 Å². The molecule has 2 aliphatic rings. The van der Waals surface area contributed by atoms with Crippen LogP contribution in [0.4, 0.5) is 0 Å². The fourth-order valence-electron chi connectivity index (χ4n) is 4.62. The molecular weight excluding hydrogens is 444 g/mol. The van der Waals surface area contributed by atoms with Crippen molar-refractivity contribution in [2.24, 2.45) is 11.7 Å². The van der Waals surface area contributed by atoms with Crippen LogP contribution in [0.5, 0.6) is 0 Å². The van der Waals surface area contributed by atoms with Crippen molar-refractivity contribution >= 4 is 27.8 Å². The van der Waals surface area contributed by atoms with Crippen molar-refractivity contribution in [2.45, 2.75) is 44.2 Å². The van der Waals surface area contributed by atoms with Gasteiger partial charge in [-0.15, -0.1) is 0 Å². The summed E-state index contributed by atoms with van der Waals surface area (Å²) in [5.41, 5.74) is 6.36. The number of benzene rings is 1. The second-order valence-corrected chi connectivity index (χ2v) is 10.7. The Bertz CT molecular complexity index is 947. The molecule has 5 N–H and O–H groups in total. The molecular formula is C22H34N6O4S. The van der Waals surface area contributed by atoms with E-state index < -0.39 is 28.0 Å². The summed E-state index contributed by atoms with van der Waals surface area (Å²) in [4.78, 5) is 29.8. The van der Waals surface area contributed by atoms with Crippen LogP contribution in [0.2, 0.25) is 0 Å². The van der Waals surface area contributed by atoms with Crippen LogP contribution in [0.3, 0.4) is 0 Å². The van der Waals surface area contributed by atoms with E-state index in [9.17, 15) is 18.0 Å². The Hall–Kier alpha value is -2.50. The zero-order valence-corrected chi connectivity index (χ0v) is 19.8. The molecule has 1 aromatic rings. The van der Waals surface area contributed by atoms with Crippen molar-refractivity contribution in [1.29, 1.82) is 5.41 Å². The summed E-state index contributed by atoms with van der Waals surface area (Å²) >= 11 is 0. The molecule has 2 heterocycles. The van der Waals surface area contributed by atoms with E-state index in [0.717, 1.165) is 57.3 Å². The molecule has 0 spiro atoms. The van der Waals surface area contributed by atoms with E-state index in [1.165, 1.54) is 0 Å². The molecule has 0 unspecified atom stereocenters. The van der Waals surface area contributed by atoms with Crippen LogP contribution in [0.25, 0.3) is 0 Å². The second kappa shape index (κ2) is 11.1. The van der Waals surface area contributed by atoms with Gasteiger partial charge in [0, 0.05) is 19.6 Å². The molecule has 0 saturated carbocycles. The molecule has 2 saturated heterocycles. The summed E-state index contributed by atoms with van der Waals surface area (Å²) in [7, 11) is -3.64. The predicted octanol–water partition coefficient (Wildman–Crippen LogP) is -0.140. The van der Waals surface area contributed by atoms with Crippen molar-refractivity contribution in [2.75, 3.05) is 32.4 Å². The maximum atomic E-state index is 13.0. The number of carbonyl (C=O) groups excluding carboxylic acids is 2. The summed E-state index contributed by atoms with van der Waals surface area (Å²) in [6.07, 6.45) is 4.48. The molecule has 0 radical (unpaired) electrons. The van der Waals surface area contributed by atoms with Crippen LogP contribution in [-0.4, -0.2) is 80.5 Å². The highest BCUT2D eigenvalue weighted by Crippen LogP contribution is 2.24. The number of sulfonamides is 1. The number of hydrogen-bond acceptors (Lipinski definition) is 6. The van der Waals surface area contributed by atoms with Gasteiger partial charge < -0.3 is 10.6 Å². The van der Waals surface area contributed by atoms with Gasteiger partial charge in [0.05, 0.1) is 12.3 Å². The number of nitrogens with two attached hydrogens (primary N) is 1. The number of nitrogens with one attached hydrogen (secondary N) is 3. The zero-order valence-electron chi connectivity index (χ0n) is 19.0. The van der Waals surface area contributed by atoms with Gasteiger partial charge in [-0.25, -0.2) is 13.1 Å². The smallest absolute Gasteiger partial charge is 0.245 e. The Kier molecular flexibility index (Phi) is 8.44. The van der Waals surface area contributed by atoms with E-state index >= 15 is 0 Å². The van der Waals surface area contributed by atoms with Gasteiger partial charge in [-0.1, -0.05) is 30.3 Å². The highest BCUT2D eigenvalue weighted by atomic mass is 32.2. The molecule has 2 amide bonds. The molecule has 11 heteroatoms. The number of amides is 2. The average Bonchev–Trinajstić information content (AvgIpc) is 3.21. The van der Waals surface area contributed by atoms with Crippen molar-refractivity contribution in [1.82, 2.24) is 19.8 Å². The summed E-state index contributed by atoms with van der Waals surface area (Å²) in [5, 5.41) is 10.0. The number of nitrogens with zero attached hydrogens (tertiary/aromatic N) is 2. The minimum Gasteiger partial charge on any atom is -0.370 e. The summed E-state index contributed by atoms with van der Waals surface area (Å²) in [6.45, 7) is 3.02. The Morgan fingerprint density at radius 2 is 1.82 bits per heavy atom. The minimum absolute atomic E-state index is 0.0955. The first-order valence-electron chi connectivity index (χ1n) is 11.3. The third kappa shape index (κ3) is 7.51. The van der Waals surface area contributed by atoms with Crippen molar-refractivity contribution in [3.05, 3.63) is 35.9 Å². The molecule has 0 bridgehead atoms. The molecule has 10 nitrogen and oxygen atoms in total. The number of guanidine groups is 1. The maximum Gasteiger partial charge on any atom is 0.245 e. The van der Waals surface area contributed by atoms with Crippen molar-refractivity contribution in [3.8, 4) is 0 Å². The lowest BCUT2D eigenvalue weighted by molar-refractivity contribution is -0.134. The zero-order chi connectivity index (χ0) is 24.0. The van der Waals surface area contributed by atoms with Crippen molar-refractivity contribution < 1.29 is 18.0 Å². The number of rotatable bonds is 8. The largest absolute Gasteiger partial charge is 0.370 e. The summed E-state index contributed by atoms with van der Waals surface area (Å²) < 4.78 is 26.0. The Balaban J connectivity index is 1.59. The molecule has 0 aliphatic carbocycles. The third-order valence-electron chi connectivity index (χ3n) is 6.32. The number of imide groups is 1. The molecule has 3 rings (SSSR count). The SMILES string of the molecule is CS(=O)(=O)N[C@H](Cc1ccccc1)C(=O)NC(=O)[C@@H]1CCCN1CC1CCN(C(=N)N)CC1. The van der Waals surface area contributed by atoms with E-state index in [1.807, 2.05) is 35.2 Å².